The minimum absolute atomic E-state index is 0.124. The number of hydrogen-bond donors (Lipinski definition) is 0. The van der Waals surface area contributed by atoms with Crippen molar-refractivity contribution >= 4 is 28.7 Å². The molecule has 1 aromatic heterocycles. The molecule has 1 aliphatic rings. The third kappa shape index (κ3) is 2.46. The standard InChI is InChI=1S/C18H19ClO2S/c1-5-14-7-12-6-13(8-15(19)16(12)21-14)18-10(3)9(2)17(22-18)11(4)20/h6,8,14H,5,7H2,1-4H3. The van der Waals surface area contributed by atoms with Crippen molar-refractivity contribution in [2.24, 2.45) is 0 Å². The molecular weight excluding hydrogens is 316 g/mol. The fourth-order valence-corrected chi connectivity index (χ4v) is 4.43. The van der Waals surface area contributed by atoms with Gasteiger partial charge in [0, 0.05) is 16.9 Å². The fourth-order valence-electron chi connectivity index (χ4n) is 2.95. The first-order valence-electron chi connectivity index (χ1n) is 7.52. The molecule has 1 atom stereocenters. The summed E-state index contributed by atoms with van der Waals surface area (Å²) in [5.41, 5.74) is 4.50. The summed E-state index contributed by atoms with van der Waals surface area (Å²) in [6, 6.07) is 4.12. The number of ether oxygens (including phenoxy) is 1. The Morgan fingerprint density at radius 1 is 1.36 bits per heavy atom. The average molecular weight is 335 g/mol. The Labute approximate surface area is 140 Å². The quantitative estimate of drug-likeness (QED) is 0.683. The van der Waals surface area contributed by atoms with Gasteiger partial charge in [0.25, 0.3) is 0 Å². The molecule has 0 radical (unpaired) electrons. The molecule has 0 fully saturated rings. The molecule has 2 aromatic rings. The van der Waals surface area contributed by atoms with E-state index in [1.165, 1.54) is 5.56 Å². The Balaban J connectivity index is 2.10. The fraction of sp³-hybridized carbons (Fsp3) is 0.389. The van der Waals surface area contributed by atoms with E-state index in [4.69, 9.17) is 16.3 Å². The van der Waals surface area contributed by atoms with Crippen molar-refractivity contribution < 1.29 is 9.53 Å². The van der Waals surface area contributed by atoms with Gasteiger partial charge in [0.05, 0.1) is 9.90 Å². The van der Waals surface area contributed by atoms with Crippen LogP contribution >= 0.6 is 22.9 Å². The second-order valence-corrected chi connectivity index (χ2v) is 7.29. The minimum atomic E-state index is 0.124. The van der Waals surface area contributed by atoms with E-state index in [1.807, 2.05) is 13.0 Å². The van der Waals surface area contributed by atoms with E-state index in [-0.39, 0.29) is 11.9 Å². The van der Waals surface area contributed by atoms with Crippen LogP contribution in [0.15, 0.2) is 12.1 Å². The number of thiophene rings is 1. The number of rotatable bonds is 3. The maximum atomic E-state index is 11.8. The van der Waals surface area contributed by atoms with Gasteiger partial charge in [-0.2, -0.15) is 0 Å². The molecule has 0 amide bonds. The van der Waals surface area contributed by atoms with E-state index < -0.39 is 0 Å². The molecule has 116 valence electrons. The minimum Gasteiger partial charge on any atom is -0.488 e. The molecule has 1 aromatic carbocycles. The number of hydrogen-bond acceptors (Lipinski definition) is 3. The SMILES string of the molecule is CCC1Cc2cc(-c3sc(C(C)=O)c(C)c3C)cc(Cl)c2O1. The van der Waals surface area contributed by atoms with Crippen molar-refractivity contribution in [1.29, 1.82) is 0 Å². The summed E-state index contributed by atoms with van der Waals surface area (Å²) < 4.78 is 5.89. The van der Waals surface area contributed by atoms with Crippen LogP contribution in [0.3, 0.4) is 0 Å². The summed E-state index contributed by atoms with van der Waals surface area (Å²) >= 11 is 7.98. The summed E-state index contributed by atoms with van der Waals surface area (Å²) in [6.07, 6.45) is 2.11. The molecule has 0 saturated carbocycles. The number of carbonyl (C=O) groups excluding carboxylic acids is 1. The summed E-state index contributed by atoms with van der Waals surface area (Å²) in [5.74, 6) is 0.952. The zero-order valence-electron chi connectivity index (χ0n) is 13.2. The first-order valence-corrected chi connectivity index (χ1v) is 8.72. The van der Waals surface area contributed by atoms with E-state index in [1.54, 1.807) is 18.3 Å². The first kappa shape index (κ1) is 15.6. The van der Waals surface area contributed by atoms with Crippen LogP contribution in [-0.2, 0) is 6.42 Å². The van der Waals surface area contributed by atoms with E-state index in [2.05, 4.69) is 19.9 Å². The highest BCUT2D eigenvalue weighted by Gasteiger charge is 2.26. The predicted octanol–water partition coefficient (Wildman–Crippen LogP) is 5.60. The molecule has 4 heteroatoms. The van der Waals surface area contributed by atoms with Gasteiger partial charge in [0.15, 0.2) is 5.78 Å². The Kier molecular flexibility index (Phi) is 4.04. The zero-order valence-corrected chi connectivity index (χ0v) is 14.8. The molecule has 1 aliphatic heterocycles. The van der Waals surface area contributed by atoms with Gasteiger partial charge < -0.3 is 4.74 Å². The van der Waals surface area contributed by atoms with E-state index >= 15 is 0 Å². The lowest BCUT2D eigenvalue weighted by atomic mass is 10.0. The Morgan fingerprint density at radius 2 is 2.09 bits per heavy atom. The number of ketones is 1. The zero-order chi connectivity index (χ0) is 16.0. The lowest BCUT2D eigenvalue weighted by Gasteiger charge is -2.08. The first-order chi connectivity index (χ1) is 10.4. The third-order valence-corrected chi connectivity index (χ3v) is 6.16. The maximum Gasteiger partial charge on any atom is 0.170 e. The van der Waals surface area contributed by atoms with Crippen molar-refractivity contribution in [3.05, 3.63) is 38.7 Å². The second-order valence-electron chi connectivity index (χ2n) is 5.87. The molecule has 0 spiro atoms. The highest BCUT2D eigenvalue weighted by Crippen LogP contribution is 2.43. The molecule has 0 bridgehead atoms. The van der Waals surface area contributed by atoms with E-state index in [9.17, 15) is 4.79 Å². The van der Waals surface area contributed by atoms with Gasteiger partial charge in [0.1, 0.15) is 11.9 Å². The largest absolute Gasteiger partial charge is 0.488 e. The van der Waals surface area contributed by atoms with Crippen molar-refractivity contribution in [1.82, 2.24) is 0 Å². The monoisotopic (exact) mass is 334 g/mol. The topological polar surface area (TPSA) is 26.3 Å². The number of halogens is 1. The van der Waals surface area contributed by atoms with E-state index in [0.717, 1.165) is 45.0 Å². The van der Waals surface area contributed by atoms with E-state index in [0.29, 0.717) is 5.02 Å². The van der Waals surface area contributed by atoms with Crippen molar-refractivity contribution in [2.75, 3.05) is 0 Å². The van der Waals surface area contributed by atoms with Gasteiger partial charge in [0.2, 0.25) is 0 Å². The summed E-state index contributed by atoms with van der Waals surface area (Å²) in [5, 5.41) is 0.665. The van der Waals surface area contributed by atoms with Gasteiger partial charge in [-0.05, 0) is 56.0 Å². The number of carbonyl (C=O) groups is 1. The lowest BCUT2D eigenvalue weighted by Crippen LogP contribution is -2.10. The summed E-state index contributed by atoms with van der Waals surface area (Å²) in [7, 11) is 0. The molecule has 0 N–H and O–H groups in total. The Bertz CT molecular complexity index is 761. The van der Waals surface area contributed by atoms with Crippen molar-refractivity contribution in [3.63, 3.8) is 0 Å². The molecule has 0 saturated heterocycles. The molecule has 0 aliphatic carbocycles. The summed E-state index contributed by atoms with van der Waals surface area (Å²) in [6.45, 7) is 7.83. The number of Topliss-reactive ketones (excluding diaryl/α,β-unsaturated/α-hetero) is 1. The van der Waals surface area contributed by atoms with Gasteiger partial charge >= 0.3 is 0 Å². The smallest absolute Gasteiger partial charge is 0.170 e. The maximum absolute atomic E-state index is 11.8. The van der Waals surface area contributed by atoms with Gasteiger partial charge in [-0.15, -0.1) is 11.3 Å². The van der Waals surface area contributed by atoms with Crippen LogP contribution in [0.25, 0.3) is 10.4 Å². The van der Waals surface area contributed by atoms with Gasteiger partial charge in [-0.1, -0.05) is 18.5 Å². The van der Waals surface area contributed by atoms with Crippen LogP contribution in [0.5, 0.6) is 5.75 Å². The van der Waals surface area contributed by atoms with Crippen LogP contribution in [0.4, 0.5) is 0 Å². The van der Waals surface area contributed by atoms with Gasteiger partial charge in [-0.25, -0.2) is 0 Å². The number of benzene rings is 1. The molecule has 2 nitrogen and oxygen atoms in total. The van der Waals surface area contributed by atoms with Crippen molar-refractivity contribution in [2.45, 2.75) is 46.6 Å². The average Bonchev–Trinajstić information content (AvgIpc) is 3.02. The van der Waals surface area contributed by atoms with Gasteiger partial charge in [-0.3, -0.25) is 4.79 Å². The number of fused-ring (bicyclic) bond motifs is 1. The highest BCUT2D eigenvalue weighted by molar-refractivity contribution is 7.17. The molecule has 22 heavy (non-hydrogen) atoms. The van der Waals surface area contributed by atoms with Crippen molar-refractivity contribution in [3.8, 4) is 16.2 Å². The Hall–Kier alpha value is -1.32. The van der Waals surface area contributed by atoms with Crippen LogP contribution in [0, 0.1) is 13.8 Å². The normalized spacial score (nSPS) is 16.5. The second kappa shape index (κ2) is 5.71. The molecule has 1 unspecified atom stereocenters. The molecular formula is C18H19ClO2S. The summed E-state index contributed by atoms with van der Waals surface area (Å²) in [4.78, 5) is 13.7. The predicted molar refractivity (Wildman–Crippen MR) is 92.7 cm³/mol. The molecule has 3 rings (SSSR count). The molecule has 2 heterocycles. The van der Waals surface area contributed by atoms with Crippen LogP contribution in [0.1, 0.15) is 46.6 Å². The third-order valence-electron chi connectivity index (χ3n) is 4.34. The van der Waals surface area contributed by atoms with Crippen LogP contribution in [0.2, 0.25) is 5.02 Å². The van der Waals surface area contributed by atoms with Crippen LogP contribution in [-0.4, -0.2) is 11.9 Å². The van der Waals surface area contributed by atoms with Crippen LogP contribution < -0.4 is 4.74 Å². The lowest BCUT2D eigenvalue weighted by molar-refractivity contribution is 0.102. The Morgan fingerprint density at radius 3 is 2.68 bits per heavy atom. The highest BCUT2D eigenvalue weighted by atomic mass is 35.5.